The molecule has 0 saturated carbocycles. The van der Waals surface area contributed by atoms with Crippen LogP contribution in [0, 0.1) is 10.1 Å². The van der Waals surface area contributed by atoms with Gasteiger partial charge in [-0.05, 0) is 23.3 Å². The van der Waals surface area contributed by atoms with Gasteiger partial charge < -0.3 is 0 Å². The van der Waals surface area contributed by atoms with Gasteiger partial charge in [-0.25, -0.2) is 4.39 Å². The van der Waals surface area contributed by atoms with Crippen LogP contribution in [0.1, 0.15) is 5.56 Å². The van der Waals surface area contributed by atoms with Crippen molar-refractivity contribution in [3.05, 3.63) is 70.8 Å². The van der Waals surface area contributed by atoms with Crippen molar-refractivity contribution in [2.45, 2.75) is 0 Å². The predicted octanol–water partition coefficient (Wildman–Crippen LogP) is 4.20. The van der Waals surface area contributed by atoms with Crippen molar-refractivity contribution in [1.29, 1.82) is 0 Å². The first-order valence-electron chi connectivity index (χ1n) is 5.27. The molecule has 0 spiro atoms. The molecule has 0 aliphatic rings. The highest BCUT2D eigenvalue weighted by Gasteiger charge is 2.05. The summed E-state index contributed by atoms with van der Waals surface area (Å²) >= 11 is 0. The standard InChI is InChI=1S/C14H10FNO2/c1-10(15)11-2-4-12(5-3-11)13-6-8-14(9-7-13)16(17)18/h2-9H,1H2. The zero-order chi connectivity index (χ0) is 13.1. The second kappa shape index (κ2) is 4.79. The van der Waals surface area contributed by atoms with Crippen molar-refractivity contribution in [2.24, 2.45) is 0 Å². The average molecular weight is 243 g/mol. The van der Waals surface area contributed by atoms with Crippen molar-refractivity contribution in [3.63, 3.8) is 0 Å². The highest BCUT2D eigenvalue weighted by molar-refractivity contribution is 5.67. The van der Waals surface area contributed by atoms with E-state index in [1.807, 2.05) is 0 Å². The molecule has 2 aromatic carbocycles. The number of halogens is 1. The quantitative estimate of drug-likeness (QED) is 0.598. The molecule has 4 heteroatoms. The molecule has 0 aliphatic carbocycles. The van der Waals surface area contributed by atoms with Crippen LogP contribution in [0.15, 0.2) is 55.1 Å². The van der Waals surface area contributed by atoms with E-state index in [-0.39, 0.29) is 5.69 Å². The van der Waals surface area contributed by atoms with Crippen molar-refractivity contribution in [1.82, 2.24) is 0 Å². The van der Waals surface area contributed by atoms with E-state index < -0.39 is 10.8 Å². The molecule has 0 fully saturated rings. The molecule has 90 valence electrons. The molecule has 0 saturated heterocycles. The van der Waals surface area contributed by atoms with Crippen LogP contribution in [-0.2, 0) is 0 Å². The summed E-state index contributed by atoms with van der Waals surface area (Å²) in [5, 5.41) is 10.5. The summed E-state index contributed by atoms with van der Waals surface area (Å²) in [6.07, 6.45) is 0. The van der Waals surface area contributed by atoms with Crippen molar-refractivity contribution in [2.75, 3.05) is 0 Å². The van der Waals surface area contributed by atoms with Crippen molar-refractivity contribution >= 4 is 11.5 Å². The molecule has 18 heavy (non-hydrogen) atoms. The Hall–Kier alpha value is -2.49. The Kier molecular flexibility index (Phi) is 3.19. The van der Waals surface area contributed by atoms with Crippen LogP contribution in [-0.4, -0.2) is 4.92 Å². The lowest BCUT2D eigenvalue weighted by Gasteiger charge is -2.02. The van der Waals surface area contributed by atoms with Crippen LogP contribution in [0.3, 0.4) is 0 Å². The summed E-state index contributed by atoms with van der Waals surface area (Å²) in [5.41, 5.74) is 2.19. The third-order valence-corrected chi connectivity index (χ3v) is 2.61. The van der Waals surface area contributed by atoms with E-state index in [0.717, 1.165) is 11.1 Å². The molecule has 0 atom stereocenters. The van der Waals surface area contributed by atoms with E-state index in [1.54, 1.807) is 36.4 Å². The SMILES string of the molecule is C=C(F)c1ccc(-c2ccc([N+](=O)[O-])cc2)cc1. The molecule has 2 aromatic rings. The fourth-order valence-corrected chi connectivity index (χ4v) is 1.62. The molecule has 0 bridgehead atoms. The first kappa shape index (κ1) is 12.0. The first-order chi connectivity index (χ1) is 8.58. The minimum absolute atomic E-state index is 0.0486. The van der Waals surface area contributed by atoms with Gasteiger partial charge in [0.1, 0.15) is 5.83 Å². The lowest BCUT2D eigenvalue weighted by molar-refractivity contribution is -0.384. The predicted molar refractivity (Wildman–Crippen MR) is 68.7 cm³/mol. The number of nitrogens with zero attached hydrogens (tertiary/aromatic N) is 1. The molecule has 0 aliphatic heterocycles. The van der Waals surface area contributed by atoms with Crippen LogP contribution in [0.25, 0.3) is 17.0 Å². The average Bonchev–Trinajstić information content (AvgIpc) is 2.39. The number of hydrogen-bond donors (Lipinski definition) is 0. The Balaban J connectivity index is 2.31. The maximum atomic E-state index is 12.8. The van der Waals surface area contributed by atoms with E-state index in [4.69, 9.17) is 0 Å². The Bertz CT molecular complexity index is 533. The monoisotopic (exact) mass is 243 g/mol. The zero-order valence-electron chi connectivity index (χ0n) is 9.47. The van der Waals surface area contributed by atoms with E-state index in [1.165, 1.54) is 12.1 Å². The lowest BCUT2D eigenvalue weighted by Crippen LogP contribution is -1.87. The molecule has 0 heterocycles. The van der Waals surface area contributed by atoms with Gasteiger partial charge in [0.2, 0.25) is 0 Å². The Morgan fingerprint density at radius 2 is 1.44 bits per heavy atom. The van der Waals surface area contributed by atoms with Gasteiger partial charge in [0.25, 0.3) is 5.69 Å². The highest BCUT2D eigenvalue weighted by atomic mass is 19.1. The molecule has 0 aromatic heterocycles. The van der Waals surface area contributed by atoms with Crippen LogP contribution in [0.5, 0.6) is 0 Å². The summed E-state index contributed by atoms with van der Waals surface area (Å²) in [5.74, 6) is -0.481. The minimum atomic E-state index is -0.481. The van der Waals surface area contributed by atoms with Gasteiger partial charge in [0, 0.05) is 17.7 Å². The number of nitro groups is 1. The summed E-state index contributed by atoms with van der Waals surface area (Å²) < 4.78 is 12.8. The fraction of sp³-hybridized carbons (Fsp3) is 0. The molecule has 2 rings (SSSR count). The maximum Gasteiger partial charge on any atom is 0.269 e. The van der Waals surface area contributed by atoms with Crippen LogP contribution >= 0.6 is 0 Å². The van der Waals surface area contributed by atoms with Gasteiger partial charge in [0.15, 0.2) is 0 Å². The minimum Gasteiger partial charge on any atom is -0.258 e. The van der Waals surface area contributed by atoms with Crippen LogP contribution in [0.4, 0.5) is 10.1 Å². The number of benzene rings is 2. The van der Waals surface area contributed by atoms with E-state index in [9.17, 15) is 14.5 Å². The molecular formula is C14H10FNO2. The van der Waals surface area contributed by atoms with Gasteiger partial charge in [-0.3, -0.25) is 10.1 Å². The second-order valence-electron chi connectivity index (χ2n) is 3.79. The van der Waals surface area contributed by atoms with Gasteiger partial charge in [-0.2, -0.15) is 0 Å². The molecule has 0 radical (unpaired) electrons. The number of hydrogen-bond acceptors (Lipinski definition) is 2. The Morgan fingerprint density at radius 1 is 1.00 bits per heavy atom. The molecule has 3 nitrogen and oxygen atoms in total. The van der Waals surface area contributed by atoms with Gasteiger partial charge in [0.05, 0.1) is 4.92 Å². The lowest BCUT2D eigenvalue weighted by atomic mass is 10.0. The summed E-state index contributed by atoms with van der Waals surface area (Å²) in [7, 11) is 0. The van der Waals surface area contributed by atoms with E-state index >= 15 is 0 Å². The third-order valence-electron chi connectivity index (χ3n) is 2.61. The maximum absolute atomic E-state index is 12.8. The Labute approximate surface area is 103 Å². The molecular weight excluding hydrogens is 233 g/mol. The number of rotatable bonds is 3. The Morgan fingerprint density at radius 3 is 1.83 bits per heavy atom. The first-order valence-corrected chi connectivity index (χ1v) is 5.27. The van der Waals surface area contributed by atoms with Crippen LogP contribution in [0.2, 0.25) is 0 Å². The summed E-state index contributed by atoms with van der Waals surface area (Å²) in [6.45, 7) is 3.22. The fourth-order valence-electron chi connectivity index (χ4n) is 1.62. The van der Waals surface area contributed by atoms with E-state index in [2.05, 4.69) is 6.58 Å². The smallest absolute Gasteiger partial charge is 0.258 e. The van der Waals surface area contributed by atoms with E-state index in [0.29, 0.717) is 5.56 Å². The van der Waals surface area contributed by atoms with Crippen LogP contribution < -0.4 is 0 Å². The largest absolute Gasteiger partial charge is 0.269 e. The number of nitro benzene ring substituents is 1. The van der Waals surface area contributed by atoms with Crippen molar-refractivity contribution < 1.29 is 9.31 Å². The number of non-ortho nitro benzene ring substituents is 1. The highest BCUT2D eigenvalue weighted by Crippen LogP contribution is 2.24. The second-order valence-corrected chi connectivity index (χ2v) is 3.79. The normalized spacial score (nSPS) is 10.1. The topological polar surface area (TPSA) is 43.1 Å². The molecule has 0 unspecified atom stereocenters. The summed E-state index contributed by atoms with van der Waals surface area (Å²) in [4.78, 5) is 10.1. The van der Waals surface area contributed by atoms with Gasteiger partial charge in [-0.15, -0.1) is 0 Å². The third kappa shape index (κ3) is 2.43. The van der Waals surface area contributed by atoms with Gasteiger partial charge >= 0.3 is 0 Å². The van der Waals surface area contributed by atoms with Crippen molar-refractivity contribution in [3.8, 4) is 11.1 Å². The molecule has 0 amide bonds. The van der Waals surface area contributed by atoms with Gasteiger partial charge in [-0.1, -0.05) is 30.8 Å². The summed E-state index contributed by atoms with van der Waals surface area (Å²) in [6, 6.07) is 13.0. The molecule has 0 N–H and O–H groups in total. The zero-order valence-corrected chi connectivity index (χ0v) is 9.47.